The third-order valence-electron chi connectivity index (χ3n) is 3.83. The van der Waals surface area contributed by atoms with Gasteiger partial charge in [0.2, 0.25) is 0 Å². The van der Waals surface area contributed by atoms with Crippen LogP contribution in [-0.2, 0) is 0 Å². The number of nitrogens with two attached hydrogens (primary N) is 1. The van der Waals surface area contributed by atoms with Gasteiger partial charge < -0.3 is 5.73 Å². The van der Waals surface area contributed by atoms with Crippen LogP contribution in [0.4, 0.5) is 0 Å². The largest absolute Gasteiger partial charge is 0.323 e. The first kappa shape index (κ1) is 11.6. The average molecular weight is 218 g/mol. The summed E-state index contributed by atoms with van der Waals surface area (Å²) in [6.45, 7) is 5.75. The Hall–Kier alpha value is -0.860. The van der Waals surface area contributed by atoms with Gasteiger partial charge in [-0.1, -0.05) is 30.3 Å². The van der Waals surface area contributed by atoms with Gasteiger partial charge in [0.05, 0.1) is 0 Å². The highest BCUT2D eigenvalue weighted by molar-refractivity contribution is 5.20. The lowest BCUT2D eigenvalue weighted by Gasteiger charge is -2.33. The second-order valence-corrected chi connectivity index (χ2v) is 4.91. The molecule has 16 heavy (non-hydrogen) atoms. The highest BCUT2D eigenvalue weighted by Crippen LogP contribution is 2.25. The van der Waals surface area contributed by atoms with Crippen LogP contribution in [0.15, 0.2) is 30.3 Å². The molecule has 1 heterocycles. The molecular weight excluding hydrogens is 196 g/mol. The average Bonchev–Trinajstić information content (AvgIpc) is 2.75. The Labute approximate surface area is 98.4 Å². The van der Waals surface area contributed by atoms with E-state index in [1.807, 2.05) is 6.07 Å². The molecule has 1 aliphatic rings. The predicted molar refractivity (Wildman–Crippen MR) is 68.2 cm³/mol. The number of hydrogen-bond acceptors (Lipinski definition) is 2. The van der Waals surface area contributed by atoms with E-state index in [9.17, 15) is 0 Å². The molecule has 1 aliphatic heterocycles. The molecule has 2 rings (SSSR count). The molecule has 0 aliphatic carbocycles. The molecule has 0 bridgehead atoms. The molecular formula is C14H22N2. The maximum absolute atomic E-state index is 6.34. The van der Waals surface area contributed by atoms with Crippen LogP contribution >= 0.6 is 0 Å². The maximum atomic E-state index is 6.34. The van der Waals surface area contributed by atoms with Crippen LogP contribution in [0, 0.1) is 0 Å². The lowest BCUT2D eigenvalue weighted by Crippen LogP contribution is -2.42. The first-order chi connectivity index (χ1) is 7.70. The Morgan fingerprint density at radius 1 is 1.31 bits per heavy atom. The van der Waals surface area contributed by atoms with Crippen molar-refractivity contribution >= 4 is 0 Å². The van der Waals surface area contributed by atoms with E-state index in [-0.39, 0.29) is 6.04 Å². The summed E-state index contributed by atoms with van der Waals surface area (Å²) < 4.78 is 0. The van der Waals surface area contributed by atoms with Crippen LogP contribution in [0.2, 0.25) is 0 Å². The van der Waals surface area contributed by atoms with Gasteiger partial charge in [0.1, 0.15) is 0 Å². The number of likely N-dealkylation sites (tertiary alicyclic amines) is 1. The summed E-state index contributed by atoms with van der Waals surface area (Å²) in [6, 6.07) is 11.7. The lowest BCUT2D eigenvalue weighted by atomic mass is 10.00. The van der Waals surface area contributed by atoms with Crippen molar-refractivity contribution < 1.29 is 0 Å². The van der Waals surface area contributed by atoms with Gasteiger partial charge in [-0.05, 0) is 38.8 Å². The van der Waals surface area contributed by atoms with Crippen LogP contribution in [0.3, 0.4) is 0 Å². The van der Waals surface area contributed by atoms with E-state index in [1.54, 1.807) is 0 Å². The van der Waals surface area contributed by atoms with Crippen molar-refractivity contribution in [1.82, 2.24) is 4.90 Å². The summed E-state index contributed by atoms with van der Waals surface area (Å²) in [5, 5.41) is 0. The molecule has 3 unspecified atom stereocenters. The Morgan fingerprint density at radius 2 is 2.00 bits per heavy atom. The SMILES string of the molecule is CC1CCCN1C(C)C(N)c1ccccc1. The molecule has 1 aromatic carbocycles. The summed E-state index contributed by atoms with van der Waals surface area (Å²) >= 11 is 0. The van der Waals surface area contributed by atoms with Crippen molar-refractivity contribution in [1.29, 1.82) is 0 Å². The molecule has 3 atom stereocenters. The lowest BCUT2D eigenvalue weighted by molar-refractivity contribution is 0.178. The van der Waals surface area contributed by atoms with E-state index in [1.165, 1.54) is 24.9 Å². The van der Waals surface area contributed by atoms with E-state index >= 15 is 0 Å². The number of benzene rings is 1. The fourth-order valence-electron chi connectivity index (χ4n) is 2.72. The minimum absolute atomic E-state index is 0.127. The van der Waals surface area contributed by atoms with E-state index in [0.717, 1.165) is 0 Å². The zero-order chi connectivity index (χ0) is 11.5. The topological polar surface area (TPSA) is 29.3 Å². The Morgan fingerprint density at radius 3 is 2.56 bits per heavy atom. The fourth-order valence-corrected chi connectivity index (χ4v) is 2.72. The first-order valence-electron chi connectivity index (χ1n) is 6.26. The van der Waals surface area contributed by atoms with Gasteiger partial charge in [-0.25, -0.2) is 0 Å². The van der Waals surface area contributed by atoms with E-state index in [2.05, 4.69) is 43.0 Å². The molecule has 0 amide bonds. The third kappa shape index (κ3) is 2.28. The molecule has 0 saturated carbocycles. The van der Waals surface area contributed by atoms with Gasteiger partial charge >= 0.3 is 0 Å². The van der Waals surface area contributed by atoms with Crippen molar-refractivity contribution in [3.8, 4) is 0 Å². The molecule has 2 nitrogen and oxygen atoms in total. The quantitative estimate of drug-likeness (QED) is 0.845. The Bertz CT molecular complexity index is 323. The highest BCUT2D eigenvalue weighted by atomic mass is 15.2. The second-order valence-electron chi connectivity index (χ2n) is 4.91. The van der Waals surface area contributed by atoms with Crippen molar-refractivity contribution in [2.24, 2.45) is 5.73 Å². The fraction of sp³-hybridized carbons (Fsp3) is 0.571. The van der Waals surface area contributed by atoms with Gasteiger partial charge in [-0.15, -0.1) is 0 Å². The van der Waals surface area contributed by atoms with Crippen LogP contribution in [0.1, 0.15) is 38.3 Å². The summed E-state index contributed by atoms with van der Waals surface area (Å²) in [5.74, 6) is 0. The van der Waals surface area contributed by atoms with Crippen LogP contribution in [0.25, 0.3) is 0 Å². The van der Waals surface area contributed by atoms with E-state index in [0.29, 0.717) is 12.1 Å². The normalized spacial score (nSPS) is 25.6. The van der Waals surface area contributed by atoms with Gasteiger partial charge in [-0.2, -0.15) is 0 Å². The zero-order valence-corrected chi connectivity index (χ0v) is 10.3. The van der Waals surface area contributed by atoms with Crippen molar-refractivity contribution in [2.75, 3.05) is 6.54 Å². The molecule has 0 spiro atoms. The van der Waals surface area contributed by atoms with Crippen molar-refractivity contribution in [2.45, 2.75) is 44.8 Å². The minimum atomic E-state index is 0.127. The monoisotopic (exact) mass is 218 g/mol. The molecule has 0 aromatic heterocycles. The molecule has 1 fully saturated rings. The summed E-state index contributed by atoms with van der Waals surface area (Å²) in [5.41, 5.74) is 7.58. The van der Waals surface area contributed by atoms with Gasteiger partial charge in [-0.3, -0.25) is 4.90 Å². The number of nitrogens with zero attached hydrogens (tertiary/aromatic N) is 1. The molecule has 88 valence electrons. The van der Waals surface area contributed by atoms with Gasteiger partial charge in [0.15, 0.2) is 0 Å². The minimum Gasteiger partial charge on any atom is -0.323 e. The zero-order valence-electron chi connectivity index (χ0n) is 10.3. The van der Waals surface area contributed by atoms with Crippen molar-refractivity contribution in [3.63, 3.8) is 0 Å². The highest BCUT2D eigenvalue weighted by Gasteiger charge is 2.28. The van der Waals surface area contributed by atoms with Crippen LogP contribution in [0.5, 0.6) is 0 Å². The van der Waals surface area contributed by atoms with E-state index in [4.69, 9.17) is 5.73 Å². The molecule has 1 aromatic rings. The van der Waals surface area contributed by atoms with Gasteiger partial charge in [0.25, 0.3) is 0 Å². The standard InChI is InChI=1S/C14H22N2/c1-11-7-6-10-16(11)12(2)14(15)13-8-4-3-5-9-13/h3-5,8-9,11-12,14H,6-7,10,15H2,1-2H3. The second kappa shape index (κ2) is 4.98. The summed E-state index contributed by atoms with van der Waals surface area (Å²) in [4.78, 5) is 2.54. The van der Waals surface area contributed by atoms with Gasteiger partial charge in [0, 0.05) is 18.1 Å². The van der Waals surface area contributed by atoms with Crippen molar-refractivity contribution in [3.05, 3.63) is 35.9 Å². The van der Waals surface area contributed by atoms with Crippen LogP contribution in [-0.4, -0.2) is 23.5 Å². The number of hydrogen-bond donors (Lipinski definition) is 1. The molecule has 2 N–H and O–H groups in total. The summed E-state index contributed by atoms with van der Waals surface area (Å²) in [7, 11) is 0. The Balaban J connectivity index is 2.07. The first-order valence-corrected chi connectivity index (χ1v) is 6.26. The molecule has 1 saturated heterocycles. The molecule has 0 radical (unpaired) electrons. The smallest absolute Gasteiger partial charge is 0.0450 e. The predicted octanol–water partition coefficient (Wildman–Crippen LogP) is 2.56. The number of rotatable bonds is 3. The Kier molecular flexibility index (Phi) is 3.62. The third-order valence-corrected chi connectivity index (χ3v) is 3.83. The van der Waals surface area contributed by atoms with E-state index < -0.39 is 0 Å². The maximum Gasteiger partial charge on any atom is 0.0450 e. The molecule has 2 heteroatoms. The van der Waals surface area contributed by atoms with Crippen LogP contribution < -0.4 is 5.73 Å². The summed E-state index contributed by atoms with van der Waals surface area (Å²) in [6.07, 6.45) is 2.62.